The normalized spacial score (nSPS) is 10.7. The molecule has 2 aromatic rings. The molecule has 4 heteroatoms. The van der Waals surface area contributed by atoms with Gasteiger partial charge in [0.1, 0.15) is 17.4 Å². The molecule has 0 aliphatic carbocycles. The van der Waals surface area contributed by atoms with Gasteiger partial charge in [-0.15, -0.1) is 11.3 Å². The van der Waals surface area contributed by atoms with Crippen LogP contribution in [0.4, 0.5) is 5.69 Å². The van der Waals surface area contributed by atoms with Crippen molar-refractivity contribution < 1.29 is 4.74 Å². The third-order valence-corrected chi connectivity index (χ3v) is 3.91. The first kappa shape index (κ1) is 12.9. The maximum absolute atomic E-state index is 5.98. The molecule has 0 aliphatic heterocycles. The number of hydrogen-bond acceptors (Lipinski definition) is 4. The lowest BCUT2D eigenvalue weighted by molar-refractivity contribution is 0.305. The Kier molecular flexibility index (Phi) is 3.57. The van der Waals surface area contributed by atoms with E-state index >= 15 is 0 Å². The van der Waals surface area contributed by atoms with E-state index in [2.05, 4.69) is 18.0 Å². The SMILES string of the molecule is Cc1cc(C)c(OCc2nc(C)c(C)s2)c(N)c1. The number of benzene rings is 1. The molecular weight excluding hydrogens is 244 g/mol. The molecule has 3 nitrogen and oxygen atoms in total. The Hall–Kier alpha value is -1.55. The number of aromatic nitrogens is 1. The third kappa shape index (κ3) is 2.64. The molecule has 0 saturated heterocycles. The molecule has 0 amide bonds. The highest BCUT2D eigenvalue weighted by Crippen LogP contribution is 2.29. The van der Waals surface area contributed by atoms with Crippen LogP contribution in [0.3, 0.4) is 0 Å². The monoisotopic (exact) mass is 262 g/mol. The molecule has 0 radical (unpaired) electrons. The van der Waals surface area contributed by atoms with Crippen LogP contribution >= 0.6 is 11.3 Å². The number of rotatable bonds is 3. The fraction of sp³-hybridized carbons (Fsp3) is 0.357. The van der Waals surface area contributed by atoms with Crippen molar-refractivity contribution in [3.8, 4) is 5.75 Å². The molecule has 0 fully saturated rings. The highest BCUT2D eigenvalue weighted by molar-refractivity contribution is 7.11. The van der Waals surface area contributed by atoms with E-state index in [-0.39, 0.29) is 0 Å². The summed E-state index contributed by atoms with van der Waals surface area (Å²) < 4.78 is 5.80. The van der Waals surface area contributed by atoms with Crippen molar-refractivity contribution in [2.45, 2.75) is 34.3 Å². The molecule has 0 spiro atoms. The molecule has 1 heterocycles. The lowest BCUT2D eigenvalue weighted by Gasteiger charge is -2.11. The summed E-state index contributed by atoms with van der Waals surface area (Å²) in [6.07, 6.45) is 0. The van der Waals surface area contributed by atoms with E-state index in [1.165, 1.54) is 4.88 Å². The molecule has 0 unspecified atom stereocenters. The molecule has 0 aliphatic rings. The summed E-state index contributed by atoms with van der Waals surface area (Å²) in [5, 5.41) is 0.990. The van der Waals surface area contributed by atoms with Gasteiger partial charge in [0.05, 0.1) is 11.4 Å². The van der Waals surface area contributed by atoms with Gasteiger partial charge in [0.25, 0.3) is 0 Å². The smallest absolute Gasteiger partial charge is 0.145 e. The first-order chi connectivity index (χ1) is 8.47. The van der Waals surface area contributed by atoms with Crippen molar-refractivity contribution in [1.29, 1.82) is 0 Å². The van der Waals surface area contributed by atoms with E-state index in [4.69, 9.17) is 10.5 Å². The number of nitrogens with two attached hydrogens (primary N) is 1. The highest BCUT2D eigenvalue weighted by atomic mass is 32.1. The molecule has 1 aromatic heterocycles. The van der Waals surface area contributed by atoms with Crippen LogP contribution in [0.25, 0.3) is 0 Å². The van der Waals surface area contributed by atoms with Crippen LogP contribution in [-0.2, 0) is 6.61 Å². The number of hydrogen-bond donors (Lipinski definition) is 1. The average Bonchev–Trinajstić information content (AvgIpc) is 2.56. The quantitative estimate of drug-likeness (QED) is 0.861. The Balaban J connectivity index is 2.15. The van der Waals surface area contributed by atoms with Gasteiger partial charge in [0, 0.05) is 4.88 Å². The maximum atomic E-state index is 5.98. The lowest BCUT2D eigenvalue weighted by Crippen LogP contribution is -2.01. The zero-order valence-electron chi connectivity index (χ0n) is 11.2. The van der Waals surface area contributed by atoms with Gasteiger partial charge in [-0.1, -0.05) is 6.07 Å². The number of anilines is 1. The zero-order chi connectivity index (χ0) is 13.3. The van der Waals surface area contributed by atoms with Crippen molar-refractivity contribution in [3.05, 3.63) is 38.8 Å². The maximum Gasteiger partial charge on any atom is 0.145 e. The molecule has 2 rings (SSSR count). The van der Waals surface area contributed by atoms with Crippen molar-refractivity contribution in [2.75, 3.05) is 5.73 Å². The van der Waals surface area contributed by atoms with Crippen molar-refractivity contribution in [2.24, 2.45) is 0 Å². The average molecular weight is 262 g/mol. The van der Waals surface area contributed by atoms with E-state index < -0.39 is 0 Å². The molecule has 96 valence electrons. The highest BCUT2D eigenvalue weighted by Gasteiger charge is 2.08. The third-order valence-electron chi connectivity index (χ3n) is 2.86. The van der Waals surface area contributed by atoms with Crippen LogP contribution in [-0.4, -0.2) is 4.98 Å². The summed E-state index contributed by atoms with van der Waals surface area (Å²) in [6.45, 7) is 8.61. The van der Waals surface area contributed by atoms with Crippen LogP contribution in [0.2, 0.25) is 0 Å². The zero-order valence-corrected chi connectivity index (χ0v) is 12.0. The van der Waals surface area contributed by atoms with Crippen LogP contribution in [0.5, 0.6) is 5.75 Å². The van der Waals surface area contributed by atoms with Crippen LogP contribution in [0.1, 0.15) is 26.7 Å². The number of nitrogens with zero attached hydrogens (tertiary/aromatic N) is 1. The Labute approximate surface area is 112 Å². The van der Waals surface area contributed by atoms with Gasteiger partial charge in [0.2, 0.25) is 0 Å². The first-order valence-corrected chi connectivity index (χ1v) is 6.71. The van der Waals surface area contributed by atoms with Crippen molar-refractivity contribution >= 4 is 17.0 Å². The number of thiazole rings is 1. The molecule has 18 heavy (non-hydrogen) atoms. The molecular formula is C14H18N2OS. The van der Waals surface area contributed by atoms with Gasteiger partial charge >= 0.3 is 0 Å². The molecule has 0 atom stereocenters. The molecule has 0 saturated carbocycles. The molecule has 2 N–H and O–H groups in total. The first-order valence-electron chi connectivity index (χ1n) is 5.90. The van der Waals surface area contributed by atoms with E-state index in [1.807, 2.05) is 26.8 Å². The topological polar surface area (TPSA) is 48.1 Å². The molecule has 0 bridgehead atoms. The van der Waals surface area contributed by atoms with Crippen LogP contribution in [0.15, 0.2) is 12.1 Å². The number of nitrogen functional groups attached to an aromatic ring is 1. The second-order valence-corrected chi connectivity index (χ2v) is 5.83. The Morgan fingerprint density at radius 1 is 1.22 bits per heavy atom. The minimum atomic E-state index is 0.480. The van der Waals surface area contributed by atoms with Gasteiger partial charge in [-0.25, -0.2) is 4.98 Å². The second kappa shape index (κ2) is 4.98. The fourth-order valence-corrected chi connectivity index (χ4v) is 2.77. The Bertz CT molecular complexity index is 533. The predicted molar refractivity (Wildman–Crippen MR) is 76.2 cm³/mol. The largest absolute Gasteiger partial charge is 0.484 e. The van der Waals surface area contributed by atoms with Crippen molar-refractivity contribution in [1.82, 2.24) is 4.98 Å². The summed E-state index contributed by atoms with van der Waals surface area (Å²) in [5.41, 5.74) is 9.97. The van der Waals surface area contributed by atoms with Gasteiger partial charge in [-0.05, 0) is 44.9 Å². The molecule has 1 aromatic carbocycles. The minimum Gasteiger partial charge on any atom is -0.484 e. The number of ether oxygens (including phenoxy) is 1. The summed E-state index contributed by atoms with van der Waals surface area (Å²) in [5.74, 6) is 0.770. The van der Waals surface area contributed by atoms with Gasteiger partial charge < -0.3 is 10.5 Å². The predicted octanol–water partition coefficient (Wildman–Crippen LogP) is 3.54. The summed E-state index contributed by atoms with van der Waals surface area (Å²) >= 11 is 1.67. The summed E-state index contributed by atoms with van der Waals surface area (Å²) in [6, 6.07) is 4.00. The summed E-state index contributed by atoms with van der Waals surface area (Å²) in [7, 11) is 0. The van der Waals surface area contributed by atoms with Gasteiger partial charge in [-0.3, -0.25) is 0 Å². The fourth-order valence-electron chi connectivity index (χ4n) is 1.92. The minimum absolute atomic E-state index is 0.480. The Morgan fingerprint density at radius 3 is 2.50 bits per heavy atom. The number of aryl methyl sites for hydroxylation is 4. The summed E-state index contributed by atoms with van der Waals surface area (Å²) in [4.78, 5) is 5.69. The standard InChI is InChI=1S/C14H18N2OS/c1-8-5-9(2)14(12(15)6-8)17-7-13-16-10(3)11(4)18-13/h5-6H,7,15H2,1-4H3. The lowest BCUT2D eigenvalue weighted by atomic mass is 10.1. The van der Waals surface area contributed by atoms with Crippen molar-refractivity contribution in [3.63, 3.8) is 0 Å². The van der Waals surface area contributed by atoms with E-state index in [9.17, 15) is 0 Å². The van der Waals surface area contributed by atoms with E-state index in [1.54, 1.807) is 11.3 Å². The van der Waals surface area contributed by atoms with E-state index in [0.717, 1.165) is 27.6 Å². The van der Waals surface area contributed by atoms with Gasteiger partial charge in [0.15, 0.2) is 0 Å². The van der Waals surface area contributed by atoms with Gasteiger partial charge in [-0.2, -0.15) is 0 Å². The second-order valence-electron chi connectivity index (χ2n) is 4.54. The van der Waals surface area contributed by atoms with E-state index in [0.29, 0.717) is 12.3 Å². The van der Waals surface area contributed by atoms with Crippen LogP contribution < -0.4 is 10.5 Å². The Morgan fingerprint density at radius 2 is 1.94 bits per heavy atom. The van der Waals surface area contributed by atoms with Crippen LogP contribution in [0, 0.1) is 27.7 Å².